The number of amides is 2. The first-order chi connectivity index (χ1) is 12.9. The van der Waals surface area contributed by atoms with Gasteiger partial charge in [0.2, 0.25) is 0 Å². The van der Waals surface area contributed by atoms with Crippen LogP contribution in [-0.4, -0.2) is 63.9 Å². The molecule has 8 nitrogen and oxygen atoms in total. The van der Waals surface area contributed by atoms with Crippen molar-refractivity contribution in [2.75, 3.05) is 24.5 Å². The zero-order valence-electron chi connectivity index (χ0n) is 15.6. The summed E-state index contributed by atoms with van der Waals surface area (Å²) in [7, 11) is 0. The Morgan fingerprint density at radius 3 is 2.67 bits per heavy atom. The first-order valence-corrected chi connectivity index (χ1v) is 9.47. The van der Waals surface area contributed by atoms with Gasteiger partial charge in [0.15, 0.2) is 5.69 Å². The summed E-state index contributed by atoms with van der Waals surface area (Å²) in [6, 6.07) is 5.15. The molecule has 2 bridgehead atoms. The standard InChI is InChI=1S/C19H25N5O3/c1-11(2)24(19(26)27)13-3-4-15-14(9-13)17(22-21-15)18(25)20-16-10-23-7-5-12(16)6-8-23/h3-4,9,11-12,16H,5-8,10H2,1-2H3,(H,20,25)(H,21,22)(H,26,27)/t16-/m0/s1. The Bertz CT molecular complexity index is 869. The minimum absolute atomic E-state index is 0.154. The number of piperidine rings is 3. The number of benzene rings is 1. The zero-order chi connectivity index (χ0) is 19.1. The average molecular weight is 371 g/mol. The van der Waals surface area contributed by atoms with Crippen molar-refractivity contribution in [1.29, 1.82) is 0 Å². The summed E-state index contributed by atoms with van der Waals surface area (Å²) in [6.07, 6.45) is 1.22. The van der Waals surface area contributed by atoms with E-state index in [0.29, 0.717) is 28.2 Å². The van der Waals surface area contributed by atoms with Crippen LogP contribution in [-0.2, 0) is 0 Å². The Morgan fingerprint density at radius 1 is 1.33 bits per heavy atom. The van der Waals surface area contributed by atoms with Crippen LogP contribution in [0.25, 0.3) is 10.9 Å². The van der Waals surface area contributed by atoms with Gasteiger partial charge in [-0.2, -0.15) is 5.10 Å². The molecular weight excluding hydrogens is 346 g/mol. The van der Waals surface area contributed by atoms with Crippen LogP contribution in [0.15, 0.2) is 18.2 Å². The highest BCUT2D eigenvalue weighted by molar-refractivity contribution is 6.06. The summed E-state index contributed by atoms with van der Waals surface area (Å²) in [5, 5.41) is 20.4. The first kappa shape index (κ1) is 17.8. The maximum absolute atomic E-state index is 12.9. The summed E-state index contributed by atoms with van der Waals surface area (Å²) in [4.78, 5) is 28.1. The molecule has 3 N–H and O–H groups in total. The van der Waals surface area contributed by atoms with E-state index in [1.165, 1.54) is 4.90 Å². The van der Waals surface area contributed by atoms with E-state index >= 15 is 0 Å². The number of nitrogens with zero attached hydrogens (tertiary/aromatic N) is 3. The van der Waals surface area contributed by atoms with E-state index in [1.807, 2.05) is 13.8 Å². The highest BCUT2D eigenvalue weighted by Gasteiger charge is 2.35. The Hall–Kier alpha value is -2.61. The third-order valence-electron chi connectivity index (χ3n) is 5.73. The Morgan fingerprint density at radius 2 is 2.07 bits per heavy atom. The monoisotopic (exact) mass is 371 g/mol. The molecule has 1 aromatic heterocycles. The molecule has 5 rings (SSSR count). The quantitative estimate of drug-likeness (QED) is 0.765. The summed E-state index contributed by atoms with van der Waals surface area (Å²) >= 11 is 0. The van der Waals surface area contributed by atoms with Crippen molar-refractivity contribution in [3.8, 4) is 0 Å². The predicted octanol–water partition coefficient (Wildman–Crippen LogP) is 2.28. The van der Waals surface area contributed by atoms with E-state index in [-0.39, 0.29) is 18.0 Å². The summed E-state index contributed by atoms with van der Waals surface area (Å²) < 4.78 is 0. The molecule has 3 fully saturated rings. The number of carbonyl (C=O) groups is 2. The molecular formula is C19H25N5O3. The van der Waals surface area contributed by atoms with Gasteiger partial charge in [-0.05, 0) is 63.9 Å². The van der Waals surface area contributed by atoms with Gasteiger partial charge in [-0.3, -0.25) is 14.8 Å². The van der Waals surface area contributed by atoms with Crippen molar-refractivity contribution in [1.82, 2.24) is 20.4 Å². The number of aromatic amines is 1. The number of hydrogen-bond donors (Lipinski definition) is 3. The van der Waals surface area contributed by atoms with Crippen molar-refractivity contribution in [2.24, 2.45) is 5.92 Å². The molecule has 0 aliphatic carbocycles. The smallest absolute Gasteiger partial charge is 0.412 e. The molecule has 1 atom stereocenters. The lowest BCUT2D eigenvalue weighted by Gasteiger charge is -2.44. The highest BCUT2D eigenvalue weighted by Crippen LogP contribution is 2.29. The Balaban J connectivity index is 1.61. The van der Waals surface area contributed by atoms with Crippen molar-refractivity contribution in [3.63, 3.8) is 0 Å². The van der Waals surface area contributed by atoms with Gasteiger partial charge in [0.05, 0.1) is 5.52 Å². The fraction of sp³-hybridized carbons (Fsp3) is 0.526. The van der Waals surface area contributed by atoms with E-state index in [4.69, 9.17) is 0 Å². The van der Waals surface area contributed by atoms with Gasteiger partial charge >= 0.3 is 6.09 Å². The van der Waals surface area contributed by atoms with Gasteiger partial charge in [0, 0.05) is 29.7 Å². The molecule has 2 aromatic rings. The molecule has 3 saturated heterocycles. The Labute approximate surface area is 157 Å². The second-order valence-electron chi connectivity index (χ2n) is 7.77. The second kappa shape index (κ2) is 6.84. The van der Waals surface area contributed by atoms with Crippen LogP contribution in [0, 0.1) is 5.92 Å². The van der Waals surface area contributed by atoms with E-state index in [0.717, 1.165) is 32.5 Å². The van der Waals surface area contributed by atoms with Crippen molar-refractivity contribution < 1.29 is 14.7 Å². The van der Waals surface area contributed by atoms with Crippen LogP contribution < -0.4 is 10.2 Å². The van der Waals surface area contributed by atoms with Crippen LogP contribution in [0.2, 0.25) is 0 Å². The predicted molar refractivity (Wildman–Crippen MR) is 102 cm³/mol. The number of hydrogen-bond acceptors (Lipinski definition) is 4. The van der Waals surface area contributed by atoms with Crippen LogP contribution in [0.5, 0.6) is 0 Å². The largest absolute Gasteiger partial charge is 0.465 e. The minimum Gasteiger partial charge on any atom is -0.465 e. The van der Waals surface area contributed by atoms with Gasteiger partial charge in [-0.15, -0.1) is 0 Å². The van der Waals surface area contributed by atoms with Crippen molar-refractivity contribution in [3.05, 3.63) is 23.9 Å². The number of nitrogens with one attached hydrogen (secondary N) is 2. The lowest BCUT2D eigenvalue weighted by atomic mass is 9.84. The van der Waals surface area contributed by atoms with Crippen LogP contribution in [0.3, 0.4) is 0 Å². The molecule has 0 saturated carbocycles. The maximum Gasteiger partial charge on any atom is 0.412 e. The van der Waals surface area contributed by atoms with E-state index in [9.17, 15) is 14.7 Å². The SMILES string of the molecule is CC(C)N(C(=O)O)c1ccc2[nH]nc(C(=O)N[C@H]3CN4CCC3CC4)c2c1. The lowest BCUT2D eigenvalue weighted by Crippen LogP contribution is -2.57. The third-order valence-corrected chi connectivity index (χ3v) is 5.73. The molecule has 0 radical (unpaired) electrons. The highest BCUT2D eigenvalue weighted by atomic mass is 16.4. The van der Waals surface area contributed by atoms with Gasteiger partial charge in [-0.25, -0.2) is 4.79 Å². The molecule has 1 aromatic carbocycles. The molecule has 8 heteroatoms. The van der Waals surface area contributed by atoms with Crippen LogP contribution >= 0.6 is 0 Å². The Kier molecular flexibility index (Phi) is 4.51. The second-order valence-corrected chi connectivity index (χ2v) is 7.77. The average Bonchev–Trinajstić information content (AvgIpc) is 3.05. The molecule has 2 amide bonds. The number of carboxylic acid groups (broad SMARTS) is 1. The minimum atomic E-state index is -1.02. The van der Waals surface area contributed by atoms with E-state index in [2.05, 4.69) is 20.4 Å². The number of rotatable bonds is 4. The summed E-state index contributed by atoms with van der Waals surface area (Å²) in [5.41, 5.74) is 1.56. The number of anilines is 1. The fourth-order valence-electron chi connectivity index (χ4n) is 4.32. The first-order valence-electron chi connectivity index (χ1n) is 9.47. The number of fused-ring (bicyclic) bond motifs is 4. The summed E-state index contributed by atoms with van der Waals surface area (Å²) in [5.74, 6) is 0.326. The van der Waals surface area contributed by atoms with E-state index in [1.54, 1.807) is 18.2 Å². The third kappa shape index (κ3) is 3.25. The normalized spacial score (nSPS) is 24.3. The molecule has 144 valence electrons. The van der Waals surface area contributed by atoms with E-state index < -0.39 is 6.09 Å². The number of aromatic nitrogens is 2. The van der Waals surface area contributed by atoms with Gasteiger partial charge in [0.1, 0.15) is 0 Å². The lowest BCUT2D eigenvalue weighted by molar-refractivity contribution is 0.0618. The van der Waals surface area contributed by atoms with Gasteiger partial charge in [-0.1, -0.05) is 0 Å². The van der Waals surface area contributed by atoms with Gasteiger partial charge in [0.25, 0.3) is 5.91 Å². The molecule has 27 heavy (non-hydrogen) atoms. The fourth-order valence-corrected chi connectivity index (χ4v) is 4.32. The van der Waals surface area contributed by atoms with Crippen LogP contribution in [0.4, 0.5) is 10.5 Å². The molecule has 3 aliphatic rings. The molecule has 0 spiro atoms. The van der Waals surface area contributed by atoms with Crippen molar-refractivity contribution >= 4 is 28.6 Å². The number of carbonyl (C=O) groups excluding carboxylic acids is 1. The van der Waals surface area contributed by atoms with Crippen molar-refractivity contribution in [2.45, 2.75) is 38.8 Å². The number of H-pyrrole nitrogens is 1. The molecule has 4 heterocycles. The summed E-state index contributed by atoms with van der Waals surface area (Å²) in [6.45, 7) is 6.76. The van der Waals surface area contributed by atoms with Gasteiger partial charge < -0.3 is 15.3 Å². The maximum atomic E-state index is 12.9. The molecule has 3 aliphatic heterocycles. The molecule has 0 unspecified atom stereocenters. The van der Waals surface area contributed by atoms with Crippen LogP contribution in [0.1, 0.15) is 37.2 Å². The topological polar surface area (TPSA) is 102 Å². The zero-order valence-corrected chi connectivity index (χ0v) is 15.6.